The molecule has 142 valence electrons. The lowest BCUT2D eigenvalue weighted by atomic mass is 10.0. The Balaban J connectivity index is 1.52. The molecule has 5 aromatic heterocycles. The molecule has 0 amide bonds. The molecule has 6 aromatic rings. The van der Waals surface area contributed by atoms with Gasteiger partial charge in [0.15, 0.2) is 0 Å². The van der Waals surface area contributed by atoms with Gasteiger partial charge in [0.2, 0.25) is 0 Å². The number of fused-ring (bicyclic) bond motifs is 2. The Morgan fingerprint density at radius 2 is 1.57 bits per heavy atom. The minimum Gasteiger partial charge on any atom is -0.352 e. The van der Waals surface area contributed by atoms with Gasteiger partial charge < -0.3 is 4.98 Å². The average Bonchev–Trinajstić information content (AvgIpc) is 3.43. The van der Waals surface area contributed by atoms with Gasteiger partial charge in [-0.25, -0.2) is 0 Å². The number of benzene rings is 1. The van der Waals surface area contributed by atoms with Gasteiger partial charge in [0, 0.05) is 52.9 Å². The lowest BCUT2D eigenvalue weighted by molar-refractivity contribution is 1.12. The van der Waals surface area contributed by atoms with Crippen molar-refractivity contribution in [2.75, 3.05) is 0 Å². The summed E-state index contributed by atoms with van der Waals surface area (Å²) < 4.78 is 0. The predicted molar refractivity (Wildman–Crippen MR) is 118 cm³/mol. The number of aromatic nitrogens is 6. The maximum atomic E-state index is 4.60. The highest BCUT2D eigenvalue weighted by Crippen LogP contribution is 2.34. The third-order valence-electron chi connectivity index (χ3n) is 5.35. The van der Waals surface area contributed by atoms with Crippen LogP contribution in [0.1, 0.15) is 0 Å². The first-order chi connectivity index (χ1) is 14.9. The van der Waals surface area contributed by atoms with E-state index in [4.69, 9.17) is 0 Å². The van der Waals surface area contributed by atoms with Gasteiger partial charge in [-0.1, -0.05) is 12.1 Å². The normalized spacial score (nSPS) is 11.3. The summed E-state index contributed by atoms with van der Waals surface area (Å²) in [7, 11) is 0. The number of hydrogen-bond acceptors (Lipinski definition) is 4. The second-order valence-electron chi connectivity index (χ2n) is 7.14. The van der Waals surface area contributed by atoms with Gasteiger partial charge in [-0.05, 0) is 47.5 Å². The van der Waals surface area contributed by atoms with Crippen molar-refractivity contribution in [2.24, 2.45) is 0 Å². The van der Waals surface area contributed by atoms with E-state index >= 15 is 0 Å². The first-order valence-corrected chi connectivity index (χ1v) is 9.63. The monoisotopic (exact) mass is 388 g/mol. The standard InChI is InChI=1S/C24H16N6/c1-2-17(12-26-7-1)16-3-4-21-19(10-16)24(30-29-21)22-11-18-20(13-27-14-23(18)28-22)15-5-8-25-9-6-15/h1-14,28H,(H,29,30). The molecule has 5 heterocycles. The molecule has 0 fully saturated rings. The Bertz CT molecular complexity index is 1480. The fraction of sp³-hybridized carbons (Fsp3) is 0. The van der Waals surface area contributed by atoms with Crippen molar-refractivity contribution in [3.8, 4) is 33.6 Å². The zero-order valence-corrected chi connectivity index (χ0v) is 15.9. The van der Waals surface area contributed by atoms with E-state index in [0.717, 1.165) is 55.4 Å². The molecular formula is C24H16N6. The molecule has 0 aliphatic carbocycles. The maximum absolute atomic E-state index is 4.60. The third kappa shape index (κ3) is 2.66. The summed E-state index contributed by atoms with van der Waals surface area (Å²) in [5, 5.41) is 9.90. The molecule has 0 atom stereocenters. The average molecular weight is 388 g/mol. The summed E-state index contributed by atoms with van der Waals surface area (Å²) in [6.07, 6.45) is 11.0. The van der Waals surface area contributed by atoms with E-state index < -0.39 is 0 Å². The Labute approximate surface area is 171 Å². The molecule has 30 heavy (non-hydrogen) atoms. The zero-order valence-electron chi connectivity index (χ0n) is 15.9. The second kappa shape index (κ2) is 6.63. The molecule has 6 heteroatoms. The molecule has 0 spiro atoms. The van der Waals surface area contributed by atoms with Crippen LogP contribution in [0.4, 0.5) is 0 Å². The van der Waals surface area contributed by atoms with Crippen molar-refractivity contribution >= 4 is 21.8 Å². The van der Waals surface area contributed by atoms with E-state index in [0.29, 0.717) is 0 Å². The Kier molecular flexibility index (Phi) is 3.67. The first-order valence-electron chi connectivity index (χ1n) is 9.63. The fourth-order valence-electron chi connectivity index (χ4n) is 3.87. The molecule has 1 aromatic carbocycles. The summed E-state index contributed by atoms with van der Waals surface area (Å²) >= 11 is 0. The van der Waals surface area contributed by atoms with Gasteiger partial charge in [0.1, 0.15) is 5.69 Å². The summed E-state index contributed by atoms with van der Waals surface area (Å²) in [5.74, 6) is 0. The van der Waals surface area contributed by atoms with Crippen molar-refractivity contribution in [3.05, 3.63) is 85.7 Å². The van der Waals surface area contributed by atoms with Gasteiger partial charge in [0.05, 0.1) is 22.9 Å². The number of rotatable bonds is 3. The first kappa shape index (κ1) is 16.6. The quantitative estimate of drug-likeness (QED) is 0.435. The van der Waals surface area contributed by atoms with Gasteiger partial charge in [0.25, 0.3) is 0 Å². The smallest absolute Gasteiger partial charge is 0.116 e. The van der Waals surface area contributed by atoms with E-state index in [1.165, 1.54) is 0 Å². The van der Waals surface area contributed by atoms with Crippen molar-refractivity contribution in [1.82, 2.24) is 30.1 Å². The number of nitrogens with zero attached hydrogens (tertiary/aromatic N) is 4. The lowest BCUT2D eigenvalue weighted by Gasteiger charge is -2.01. The highest BCUT2D eigenvalue weighted by atomic mass is 15.1. The highest BCUT2D eigenvalue weighted by Gasteiger charge is 2.14. The lowest BCUT2D eigenvalue weighted by Crippen LogP contribution is -1.82. The SMILES string of the molecule is c1cncc(-c2ccc3[nH]nc(-c4cc5c(-c6ccncc6)cncc5[nH]4)c3c2)c1. The van der Waals surface area contributed by atoms with Gasteiger partial charge in [-0.3, -0.25) is 20.1 Å². The van der Waals surface area contributed by atoms with Crippen LogP contribution in [0.2, 0.25) is 0 Å². The summed E-state index contributed by atoms with van der Waals surface area (Å²) in [6.45, 7) is 0. The van der Waals surface area contributed by atoms with E-state index in [2.05, 4.69) is 60.5 Å². The Morgan fingerprint density at radius 3 is 2.43 bits per heavy atom. The van der Waals surface area contributed by atoms with Gasteiger partial charge >= 0.3 is 0 Å². The number of aromatic amines is 2. The second-order valence-corrected chi connectivity index (χ2v) is 7.14. The van der Waals surface area contributed by atoms with Crippen LogP contribution in [0.15, 0.2) is 85.7 Å². The van der Waals surface area contributed by atoms with Crippen LogP contribution in [0.3, 0.4) is 0 Å². The number of hydrogen-bond donors (Lipinski definition) is 2. The van der Waals surface area contributed by atoms with Crippen LogP contribution in [-0.4, -0.2) is 30.1 Å². The third-order valence-corrected chi connectivity index (χ3v) is 5.35. The van der Waals surface area contributed by atoms with E-state index in [-0.39, 0.29) is 0 Å². The molecule has 0 aliphatic heterocycles. The van der Waals surface area contributed by atoms with E-state index in [1.54, 1.807) is 18.6 Å². The number of nitrogens with one attached hydrogen (secondary N) is 2. The van der Waals surface area contributed by atoms with Gasteiger partial charge in [-0.2, -0.15) is 5.10 Å². The van der Waals surface area contributed by atoms with Crippen LogP contribution < -0.4 is 0 Å². The molecule has 0 bridgehead atoms. The summed E-state index contributed by atoms with van der Waals surface area (Å²) in [6, 6.07) is 16.4. The number of pyridine rings is 3. The molecule has 0 saturated heterocycles. The van der Waals surface area contributed by atoms with Gasteiger partial charge in [-0.15, -0.1) is 0 Å². The van der Waals surface area contributed by atoms with Crippen LogP contribution in [0.5, 0.6) is 0 Å². The molecule has 0 unspecified atom stereocenters. The zero-order chi connectivity index (χ0) is 19.9. The summed E-state index contributed by atoms with van der Waals surface area (Å²) in [4.78, 5) is 16.3. The van der Waals surface area contributed by atoms with E-state index in [1.807, 2.05) is 36.8 Å². The minimum atomic E-state index is 0.882. The van der Waals surface area contributed by atoms with Crippen molar-refractivity contribution in [2.45, 2.75) is 0 Å². The molecule has 0 saturated carbocycles. The molecular weight excluding hydrogens is 372 g/mol. The van der Waals surface area contributed by atoms with Crippen molar-refractivity contribution in [1.29, 1.82) is 0 Å². The molecule has 0 aliphatic rings. The Morgan fingerprint density at radius 1 is 0.633 bits per heavy atom. The maximum Gasteiger partial charge on any atom is 0.116 e. The predicted octanol–water partition coefficient (Wildman–Crippen LogP) is 5.23. The van der Waals surface area contributed by atoms with Crippen LogP contribution >= 0.6 is 0 Å². The Hall–Kier alpha value is -4.32. The topological polar surface area (TPSA) is 83.1 Å². The minimum absolute atomic E-state index is 0.882. The molecule has 2 N–H and O–H groups in total. The highest BCUT2D eigenvalue weighted by molar-refractivity contribution is 6.01. The largest absolute Gasteiger partial charge is 0.352 e. The van der Waals surface area contributed by atoms with Crippen LogP contribution in [0, 0.1) is 0 Å². The van der Waals surface area contributed by atoms with Crippen LogP contribution in [-0.2, 0) is 0 Å². The fourth-order valence-corrected chi connectivity index (χ4v) is 3.87. The van der Waals surface area contributed by atoms with Crippen LogP contribution in [0.25, 0.3) is 55.4 Å². The molecule has 6 nitrogen and oxygen atoms in total. The summed E-state index contributed by atoms with van der Waals surface area (Å²) in [5.41, 5.74) is 8.12. The molecule has 6 rings (SSSR count). The van der Waals surface area contributed by atoms with Crippen molar-refractivity contribution in [3.63, 3.8) is 0 Å². The molecule has 0 radical (unpaired) electrons. The van der Waals surface area contributed by atoms with Crippen molar-refractivity contribution < 1.29 is 0 Å². The number of H-pyrrole nitrogens is 2. The van der Waals surface area contributed by atoms with E-state index in [9.17, 15) is 0 Å².